The molecule has 154 valence electrons. The number of rotatable bonds is 5. The Bertz CT molecular complexity index is 970. The van der Waals surface area contributed by atoms with Crippen molar-refractivity contribution in [2.45, 2.75) is 57.6 Å². The van der Waals surface area contributed by atoms with Gasteiger partial charge in [0.15, 0.2) is 0 Å². The molecule has 0 radical (unpaired) electrons. The fourth-order valence-electron chi connectivity index (χ4n) is 4.11. The molecule has 2 aromatic heterocycles. The monoisotopic (exact) mass is 416 g/mol. The van der Waals surface area contributed by atoms with Crippen LogP contribution < -0.4 is 10.1 Å². The van der Waals surface area contributed by atoms with Gasteiger partial charge in [0.1, 0.15) is 28.5 Å². The van der Waals surface area contributed by atoms with Crippen LogP contribution in [0.4, 0.5) is 0 Å². The Labute approximate surface area is 174 Å². The van der Waals surface area contributed by atoms with Gasteiger partial charge in [-0.15, -0.1) is 0 Å². The average molecular weight is 417 g/mol. The largest absolute Gasteiger partial charge is 0.473 e. The van der Waals surface area contributed by atoms with Crippen molar-refractivity contribution in [2.24, 2.45) is 5.41 Å². The van der Waals surface area contributed by atoms with Crippen LogP contribution in [-0.4, -0.2) is 51.9 Å². The summed E-state index contributed by atoms with van der Waals surface area (Å²) in [6, 6.07) is 2.83. The number of ether oxygens (including phenoxy) is 1. The number of piperidine rings is 1. The van der Waals surface area contributed by atoms with Crippen molar-refractivity contribution in [3.8, 4) is 5.88 Å². The molecule has 2 N–H and O–H groups in total. The van der Waals surface area contributed by atoms with Crippen LogP contribution in [0.2, 0.25) is 5.15 Å². The fraction of sp³-hybridized carbons (Fsp3) is 0.571. The van der Waals surface area contributed by atoms with Crippen LogP contribution in [0.15, 0.2) is 12.1 Å². The molecule has 1 aliphatic heterocycles. The van der Waals surface area contributed by atoms with Crippen molar-refractivity contribution in [3.05, 3.63) is 23.0 Å². The zero-order valence-electron chi connectivity index (χ0n) is 16.5. The fourth-order valence-corrected chi connectivity index (χ4v) is 4.31. The van der Waals surface area contributed by atoms with E-state index in [1.807, 2.05) is 4.90 Å². The van der Waals surface area contributed by atoms with Crippen LogP contribution in [0.25, 0.3) is 10.9 Å². The van der Waals surface area contributed by atoms with Crippen molar-refractivity contribution in [1.82, 2.24) is 20.2 Å². The molecule has 2 amide bonds. The van der Waals surface area contributed by atoms with E-state index in [2.05, 4.69) is 15.3 Å². The van der Waals surface area contributed by atoms with E-state index in [1.54, 1.807) is 19.1 Å². The molecule has 0 bridgehead atoms. The molecule has 0 unspecified atom stereocenters. The summed E-state index contributed by atoms with van der Waals surface area (Å²) >= 11 is 6.10. The van der Waals surface area contributed by atoms with E-state index in [4.69, 9.17) is 16.3 Å². The van der Waals surface area contributed by atoms with Gasteiger partial charge in [-0.25, -0.2) is 0 Å². The van der Waals surface area contributed by atoms with Crippen molar-refractivity contribution in [2.75, 3.05) is 13.1 Å². The van der Waals surface area contributed by atoms with Gasteiger partial charge in [0.2, 0.25) is 11.8 Å². The number of carbonyl (C=O) groups is 2. The zero-order chi connectivity index (χ0) is 20.2. The smallest absolute Gasteiger partial charge is 0.268 e. The van der Waals surface area contributed by atoms with Gasteiger partial charge in [0.05, 0.1) is 0 Å². The second-order valence-electron chi connectivity index (χ2n) is 8.74. The maximum absolute atomic E-state index is 12.7. The Kier molecular flexibility index (Phi) is 4.46. The van der Waals surface area contributed by atoms with E-state index in [0.717, 1.165) is 44.2 Å². The topological polar surface area (TPSA) is 87.3 Å². The molecule has 0 aromatic carbocycles. The van der Waals surface area contributed by atoms with Crippen LogP contribution in [0.1, 0.15) is 55.9 Å². The lowest BCUT2D eigenvalue weighted by Crippen LogP contribution is -2.49. The Morgan fingerprint density at radius 2 is 2.00 bits per heavy atom. The lowest BCUT2D eigenvalue weighted by atomic mass is 9.93. The SMILES string of the molecule is C[C@H](NC(=O)c1cc2cc(Cl)nc(OC3CC3)c2[nH]1)C(=O)N1CCC2(CC1)CC2. The Hall–Kier alpha value is -2.28. The highest BCUT2D eigenvalue weighted by molar-refractivity contribution is 6.30. The number of nitrogens with one attached hydrogen (secondary N) is 2. The Morgan fingerprint density at radius 3 is 2.66 bits per heavy atom. The number of fused-ring (bicyclic) bond motifs is 1. The maximum atomic E-state index is 12.7. The molecule has 3 fully saturated rings. The molecule has 29 heavy (non-hydrogen) atoms. The number of likely N-dealkylation sites (tertiary alicyclic amines) is 1. The number of carbonyl (C=O) groups excluding carboxylic acids is 2. The van der Waals surface area contributed by atoms with Gasteiger partial charge in [0, 0.05) is 18.5 Å². The molecule has 1 spiro atoms. The first-order valence-electron chi connectivity index (χ1n) is 10.4. The molecule has 3 aliphatic rings. The van der Waals surface area contributed by atoms with Crippen LogP contribution in [0.5, 0.6) is 5.88 Å². The van der Waals surface area contributed by atoms with Crippen molar-refractivity contribution < 1.29 is 14.3 Å². The van der Waals surface area contributed by atoms with Gasteiger partial charge in [-0.3, -0.25) is 9.59 Å². The molecule has 2 aliphatic carbocycles. The van der Waals surface area contributed by atoms with Crippen molar-refractivity contribution >= 4 is 34.3 Å². The van der Waals surface area contributed by atoms with Crippen LogP contribution in [0, 0.1) is 5.41 Å². The summed E-state index contributed by atoms with van der Waals surface area (Å²) in [4.78, 5) is 34.7. The van der Waals surface area contributed by atoms with E-state index >= 15 is 0 Å². The third-order valence-corrected chi connectivity index (χ3v) is 6.60. The molecule has 1 saturated heterocycles. The Balaban J connectivity index is 1.27. The summed E-state index contributed by atoms with van der Waals surface area (Å²) in [5.41, 5.74) is 1.53. The van der Waals surface area contributed by atoms with Crippen LogP contribution >= 0.6 is 11.6 Å². The molecule has 2 saturated carbocycles. The van der Waals surface area contributed by atoms with Gasteiger partial charge >= 0.3 is 0 Å². The van der Waals surface area contributed by atoms with Crippen LogP contribution in [0.3, 0.4) is 0 Å². The minimum Gasteiger partial charge on any atom is -0.473 e. The predicted molar refractivity (Wildman–Crippen MR) is 109 cm³/mol. The molecular weight excluding hydrogens is 392 g/mol. The van der Waals surface area contributed by atoms with Gasteiger partial charge in [-0.1, -0.05) is 11.6 Å². The molecule has 2 aromatic rings. The number of aromatic nitrogens is 2. The molecule has 1 atom stereocenters. The van der Waals surface area contributed by atoms with Gasteiger partial charge in [-0.2, -0.15) is 4.98 Å². The number of amides is 2. The van der Waals surface area contributed by atoms with Gasteiger partial charge in [-0.05, 0) is 63.0 Å². The molecular formula is C21H25ClN4O3. The molecule has 8 heteroatoms. The maximum Gasteiger partial charge on any atom is 0.268 e. The molecule has 7 nitrogen and oxygen atoms in total. The van der Waals surface area contributed by atoms with Gasteiger partial charge < -0.3 is 19.9 Å². The first-order chi connectivity index (χ1) is 13.9. The third kappa shape index (κ3) is 3.80. The number of hydrogen-bond donors (Lipinski definition) is 2. The second-order valence-corrected chi connectivity index (χ2v) is 9.12. The average Bonchev–Trinajstić information content (AvgIpc) is 3.61. The number of nitrogens with zero attached hydrogens (tertiary/aromatic N) is 2. The second kappa shape index (κ2) is 6.90. The summed E-state index contributed by atoms with van der Waals surface area (Å²) in [7, 11) is 0. The Morgan fingerprint density at radius 1 is 1.28 bits per heavy atom. The van der Waals surface area contributed by atoms with Crippen molar-refractivity contribution in [1.29, 1.82) is 0 Å². The highest BCUT2D eigenvalue weighted by Crippen LogP contribution is 2.53. The van der Waals surface area contributed by atoms with Crippen LogP contribution in [-0.2, 0) is 4.79 Å². The summed E-state index contributed by atoms with van der Waals surface area (Å²) in [6.45, 7) is 3.32. The summed E-state index contributed by atoms with van der Waals surface area (Å²) < 4.78 is 5.81. The number of H-pyrrole nitrogens is 1. The quantitative estimate of drug-likeness (QED) is 0.732. The molecule has 3 heterocycles. The summed E-state index contributed by atoms with van der Waals surface area (Å²) in [5, 5.41) is 3.90. The number of pyridine rings is 1. The van der Waals surface area contributed by atoms with E-state index in [-0.39, 0.29) is 17.9 Å². The highest BCUT2D eigenvalue weighted by Gasteiger charge is 2.45. The number of halogens is 1. The summed E-state index contributed by atoms with van der Waals surface area (Å²) in [5.74, 6) is 0.0686. The summed E-state index contributed by atoms with van der Waals surface area (Å²) in [6.07, 6.45) is 6.93. The van der Waals surface area contributed by atoms with E-state index < -0.39 is 6.04 Å². The minimum absolute atomic E-state index is 0.0209. The lowest BCUT2D eigenvalue weighted by molar-refractivity contribution is -0.134. The third-order valence-electron chi connectivity index (χ3n) is 6.40. The lowest BCUT2D eigenvalue weighted by Gasteiger charge is -2.33. The van der Waals surface area contributed by atoms with E-state index in [9.17, 15) is 9.59 Å². The first-order valence-corrected chi connectivity index (χ1v) is 10.8. The van der Waals surface area contributed by atoms with E-state index in [1.165, 1.54) is 12.8 Å². The normalized spacial score (nSPS) is 21.2. The highest BCUT2D eigenvalue weighted by atomic mass is 35.5. The molecule has 5 rings (SSSR count). The first kappa shape index (κ1) is 18.7. The predicted octanol–water partition coefficient (Wildman–Crippen LogP) is 3.28. The van der Waals surface area contributed by atoms with Crippen molar-refractivity contribution in [3.63, 3.8) is 0 Å². The zero-order valence-corrected chi connectivity index (χ0v) is 17.2. The van der Waals surface area contributed by atoms with Gasteiger partial charge in [0.25, 0.3) is 5.91 Å². The standard InChI is InChI=1S/C21H25ClN4O3/c1-12(20(28)26-8-6-21(4-5-21)7-9-26)23-18(27)15-10-13-11-16(22)25-19(17(13)24-15)29-14-2-3-14/h10-12,14,24H,2-9H2,1H3,(H,23,27)/t12-/m0/s1. The number of hydrogen-bond acceptors (Lipinski definition) is 4. The number of aromatic amines is 1. The minimum atomic E-state index is -0.578. The van der Waals surface area contributed by atoms with E-state index in [0.29, 0.717) is 27.7 Å².